The van der Waals surface area contributed by atoms with Crippen molar-refractivity contribution in [1.82, 2.24) is 24.8 Å². The van der Waals surface area contributed by atoms with Crippen LogP contribution in [0.1, 0.15) is 46.2 Å². The summed E-state index contributed by atoms with van der Waals surface area (Å²) >= 11 is 0. The highest BCUT2D eigenvalue weighted by Gasteiger charge is 2.26. The fraction of sp³-hybridized carbons (Fsp3) is 0.393. The van der Waals surface area contributed by atoms with Gasteiger partial charge in [0.25, 0.3) is 0 Å². The van der Waals surface area contributed by atoms with E-state index >= 15 is 0 Å². The van der Waals surface area contributed by atoms with Crippen LogP contribution in [0, 0.1) is 0 Å². The largest absolute Gasteiger partial charge is 0.444 e. The molecular weight excluding hydrogens is 454 g/mol. The van der Waals surface area contributed by atoms with Gasteiger partial charge in [0.05, 0.1) is 17.4 Å². The normalized spacial score (nSPS) is 12.7. The van der Waals surface area contributed by atoms with Crippen LogP contribution < -0.4 is 10.6 Å². The number of amides is 2. The zero-order valence-corrected chi connectivity index (χ0v) is 21.6. The Morgan fingerprint density at radius 3 is 2.44 bits per heavy atom. The highest BCUT2D eigenvalue weighted by molar-refractivity contribution is 5.88. The maximum atomic E-state index is 13.3. The fourth-order valence-electron chi connectivity index (χ4n) is 4.36. The number of rotatable bonds is 8. The molecule has 2 N–H and O–H groups in total. The average Bonchev–Trinajstić information content (AvgIpc) is 3.39. The van der Waals surface area contributed by atoms with Crippen LogP contribution in [0.3, 0.4) is 0 Å². The topological polar surface area (TPSA) is 90.2 Å². The third kappa shape index (κ3) is 5.87. The number of alkyl carbamates (subject to hydrolysis) is 1. The van der Waals surface area contributed by atoms with Gasteiger partial charge in [0.2, 0.25) is 5.91 Å². The maximum Gasteiger partial charge on any atom is 0.408 e. The second kappa shape index (κ2) is 10.4. The van der Waals surface area contributed by atoms with E-state index in [-0.39, 0.29) is 11.9 Å². The summed E-state index contributed by atoms with van der Waals surface area (Å²) in [7, 11) is 0. The molecule has 0 aliphatic carbocycles. The molecule has 0 aliphatic rings. The van der Waals surface area contributed by atoms with Crippen molar-refractivity contribution < 1.29 is 14.3 Å². The van der Waals surface area contributed by atoms with E-state index in [4.69, 9.17) is 4.74 Å². The number of para-hydroxylation sites is 3. The first-order valence-corrected chi connectivity index (χ1v) is 12.4. The summed E-state index contributed by atoms with van der Waals surface area (Å²) in [6.45, 7) is 10.6. The Labute approximate surface area is 211 Å². The highest BCUT2D eigenvalue weighted by atomic mass is 16.6. The minimum Gasteiger partial charge on any atom is -0.444 e. The van der Waals surface area contributed by atoms with Gasteiger partial charge >= 0.3 is 6.09 Å². The van der Waals surface area contributed by atoms with E-state index in [1.807, 2.05) is 41.0 Å². The minimum absolute atomic E-state index is 0.258. The molecule has 1 atom stereocenters. The Hall–Kier alpha value is -3.81. The van der Waals surface area contributed by atoms with E-state index in [1.165, 1.54) is 0 Å². The van der Waals surface area contributed by atoms with Crippen LogP contribution in [-0.4, -0.2) is 44.3 Å². The number of carbonyl (C=O) groups is 2. The smallest absolute Gasteiger partial charge is 0.408 e. The van der Waals surface area contributed by atoms with Gasteiger partial charge in [0, 0.05) is 42.7 Å². The molecule has 0 aliphatic heterocycles. The van der Waals surface area contributed by atoms with E-state index in [0.717, 1.165) is 27.5 Å². The van der Waals surface area contributed by atoms with Gasteiger partial charge in [-0.05, 0) is 58.4 Å². The third-order valence-corrected chi connectivity index (χ3v) is 5.99. The zero-order chi connectivity index (χ0) is 25.9. The molecule has 0 fully saturated rings. The molecule has 0 bridgehead atoms. The summed E-state index contributed by atoms with van der Waals surface area (Å²) in [5.41, 5.74) is 3.36. The monoisotopic (exact) mass is 489 g/mol. The number of carbonyl (C=O) groups excluding carboxylic acids is 2. The van der Waals surface area contributed by atoms with E-state index in [0.29, 0.717) is 19.5 Å². The van der Waals surface area contributed by atoms with Crippen LogP contribution >= 0.6 is 0 Å². The summed E-state index contributed by atoms with van der Waals surface area (Å²) in [5, 5.41) is 6.85. The number of benzene rings is 2. The highest BCUT2D eigenvalue weighted by Crippen LogP contribution is 2.26. The van der Waals surface area contributed by atoms with Gasteiger partial charge in [0.15, 0.2) is 0 Å². The van der Waals surface area contributed by atoms with E-state index < -0.39 is 17.7 Å². The zero-order valence-electron chi connectivity index (χ0n) is 21.6. The molecule has 4 rings (SSSR count). The third-order valence-electron chi connectivity index (χ3n) is 5.99. The van der Waals surface area contributed by atoms with Crippen molar-refractivity contribution in [2.45, 2.75) is 65.3 Å². The summed E-state index contributed by atoms with van der Waals surface area (Å²) in [5.74, 6) is -0.258. The molecule has 2 heterocycles. The molecule has 2 aromatic carbocycles. The Morgan fingerprint density at radius 1 is 1.03 bits per heavy atom. The fourth-order valence-corrected chi connectivity index (χ4v) is 4.36. The number of fused-ring (bicyclic) bond motifs is 2. The first kappa shape index (κ1) is 25.3. The molecule has 190 valence electrons. The maximum absolute atomic E-state index is 13.3. The van der Waals surface area contributed by atoms with Crippen LogP contribution in [0.4, 0.5) is 4.79 Å². The average molecular weight is 490 g/mol. The van der Waals surface area contributed by atoms with Crippen molar-refractivity contribution in [2.75, 3.05) is 6.54 Å². The van der Waals surface area contributed by atoms with Crippen LogP contribution in [-0.2, 0) is 22.5 Å². The van der Waals surface area contributed by atoms with Gasteiger partial charge < -0.3 is 24.5 Å². The second-order valence-corrected chi connectivity index (χ2v) is 10.3. The molecule has 2 aromatic heterocycles. The van der Waals surface area contributed by atoms with Crippen molar-refractivity contribution in [3.05, 3.63) is 66.6 Å². The van der Waals surface area contributed by atoms with Crippen molar-refractivity contribution in [1.29, 1.82) is 0 Å². The lowest BCUT2D eigenvalue weighted by Gasteiger charge is -2.23. The molecule has 0 saturated heterocycles. The Kier molecular flexibility index (Phi) is 7.33. The number of nitrogens with zero attached hydrogens (tertiary/aromatic N) is 3. The number of aromatic nitrogens is 3. The van der Waals surface area contributed by atoms with Gasteiger partial charge in [-0.2, -0.15) is 0 Å². The lowest BCUT2D eigenvalue weighted by Crippen LogP contribution is -2.49. The molecule has 0 unspecified atom stereocenters. The van der Waals surface area contributed by atoms with Gasteiger partial charge in [-0.3, -0.25) is 4.79 Å². The quantitative estimate of drug-likeness (QED) is 0.371. The molecule has 8 nitrogen and oxygen atoms in total. The summed E-state index contributed by atoms with van der Waals surface area (Å²) in [6.07, 6.45) is 3.58. The Balaban J connectivity index is 1.52. The molecule has 4 aromatic rings. The van der Waals surface area contributed by atoms with Gasteiger partial charge in [0.1, 0.15) is 11.6 Å². The Morgan fingerprint density at radius 2 is 1.72 bits per heavy atom. The minimum atomic E-state index is -0.786. The standard InChI is InChI=1S/C28H35N5O3/c1-19(2)33-17-20(21-10-6-8-12-24(21)33)16-23(31-27(35)36-28(3,4)5)26(34)29-14-15-32-18-30-22-11-7-9-13-25(22)32/h6-13,17-19,23H,14-16H2,1-5H3,(H,29,34)(H,31,35)/t23-/m0/s1. The van der Waals surface area contributed by atoms with Crippen molar-refractivity contribution >= 4 is 33.9 Å². The number of nitrogens with one attached hydrogen (secondary N) is 2. The lowest BCUT2D eigenvalue weighted by molar-refractivity contribution is -0.123. The van der Waals surface area contributed by atoms with Gasteiger partial charge in [-0.15, -0.1) is 0 Å². The molecule has 0 saturated carbocycles. The molecule has 0 radical (unpaired) electrons. The van der Waals surface area contributed by atoms with Crippen molar-refractivity contribution in [3.8, 4) is 0 Å². The summed E-state index contributed by atoms with van der Waals surface area (Å²) < 4.78 is 9.64. The molecular formula is C28H35N5O3. The SMILES string of the molecule is CC(C)n1cc(C[C@H](NC(=O)OC(C)(C)C)C(=O)NCCn2cnc3ccccc32)c2ccccc21. The Bertz CT molecular complexity index is 1360. The predicted molar refractivity (Wildman–Crippen MR) is 142 cm³/mol. The van der Waals surface area contributed by atoms with Gasteiger partial charge in [-0.25, -0.2) is 9.78 Å². The van der Waals surface area contributed by atoms with Gasteiger partial charge in [-0.1, -0.05) is 30.3 Å². The summed E-state index contributed by atoms with van der Waals surface area (Å²) in [6, 6.07) is 15.5. The molecule has 2 amide bonds. The predicted octanol–water partition coefficient (Wildman–Crippen LogP) is 4.82. The first-order chi connectivity index (χ1) is 17.1. The van der Waals surface area contributed by atoms with E-state index in [1.54, 1.807) is 27.1 Å². The number of ether oxygens (including phenoxy) is 1. The van der Waals surface area contributed by atoms with E-state index in [2.05, 4.69) is 52.4 Å². The van der Waals surface area contributed by atoms with Crippen molar-refractivity contribution in [3.63, 3.8) is 0 Å². The number of hydrogen-bond acceptors (Lipinski definition) is 4. The lowest BCUT2D eigenvalue weighted by atomic mass is 10.0. The number of imidazole rings is 1. The molecule has 0 spiro atoms. The number of hydrogen-bond donors (Lipinski definition) is 2. The van der Waals surface area contributed by atoms with Crippen LogP contribution in [0.15, 0.2) is 61.1 Å². The first-order valence-electron chi connectivity index (χ1n) is 12.4. The second-order valence-electron chi connectivity index (χ2n) is 10.3. The molecule has 8 heteroatoms. The van der Waals surface area contributed by atoms with Crippen LogP contribution in [0.5, 0.6) is 0 Å². The van der Waals surface area contributed by atoms with Crippen molar-refractivity contribution in [2.24, 2.45) is 0 Å². The molecule has 36 heavy (non-hydrogen) atoms. The van der Waals surface area contributed by atoms with Crippen LogP contribution in [0.2, 0.25) is 0 Å². The summed E-state index contributed by atoms with van der Waals surface area (Å²) in [4.78, 5) is 30.3. The van der Waals surface area contributed by atoms with Crippen LogP contribution in [0.25, 0.3) is 21.9 Å². The van der Waals surface area contributed by atoms with E-state index in [9.17, 15) is 9.59 Å².